The summed E-state index contributed by atoms with van der Waals surface area (Å²) < 4.78 is 19.7. The van der Waals surface area contributed by atoms with Gasteiger partial charge in [-0.25, -0.2) is 4.39 Å². The van der Waals surface area contributed by atoms with Crippen molar-refractivity contribution in [2.24, 2.45) is 0 Å². The van der Waals surface area contributed by atoms with E-state index in [1.807, 2.05) is 12.1 Å². The topological polar surface area (TPSA) is 21.3 Å². The van der Waals surface area contributed by atoms with Crippen molar-refractivity contribution in [1.82, 2.24) is 5.32 Å². The van der Waals surface area contributed by atoms with Crippen LogP contribution < -0.4 is 10.1 Å². The zero-order valence-electron chi connectivity index (χ0n) is 9.48. The molecule has 1 saturated heterocycles. The zero-order valence-corrected chi connectivity index (χ0v) is 9.48. The molecule has 0 amide bonds. The maximum absolute atomic E-state index is 14.4. The van der Waals surface area contributed by atoms with Gasteiger partial charge in [-0.3, -0.25) is 0 Å². The molecule has 1 aromatic carbocycles. The monoisotopic (exact) mass is 221 g/mol. The van der Waals surface area contributed by atoms with Crippen LogP contribution in [-0.4, -0.2) is 13.2 Å². The highest BCUT2D eigenvalue weighted by Gasteiger charge is 2.34. The van der Waals surface area contributed by atoms with Crippen molar-refractivity contribution in [3.63, 3.8) is 0 Å². The third-order valence-corrected chi connectivity index (χ3v) is 3.77. The summed E-state index contributed by atoms with van der Waals surface area (Å²) in [5.41, 5.74) is 1.36. The standard InChI is InChI=1S/C13H16FNO/c1-13(6-2-7-15-13)10-3-4-11-9(12(10)14)5-8-16-11/h3-4,15H,2,5-8H2,1H3. The lowest BCUT2D eigenvalue weighted by Gasteiger charge is -2.26. The molecule has 1 N–H and O–H groups in total. The van der Waals surface area contributed by atoms with Crippen LogP contribution in [0.2, 0.25) is 0 Å². The number of hydrogen-bond donors (Lipinski definition) is 1. The first kappa shape index (κ1) is 10.1. The van der Waals surface area contributed by atoms with E-state index < -0.39 is 0 Å². The summed E-state index contributed by atoms with van der Waals surface area (Å²) in [6, 6.07) is 3.78. The lowest BCUT2D eigenvalue weighted by atomic mass is 9.88. The first-order valence-corrected chi connectivity index (χ1v) is 5.90. The predicted molar refractivity (Wildman–Crippen MR) is 60.2 cm³/mol. The Bertz CT molecular complexity index is 424. The Kier molecular flexibility index (Phi) is 2.18. The molecular formula is C13H16FNO. The molecule has 0 saturated carbocycles. The molecule has 1 unspecified atom stereocenters. The third kappa shape index (κ3) is 1.34. The SMILES string of the molecule is CC1(c2ccc3c(c2F)CCO3)CCCN1. The molecule has 2 heterocycles. The average molecular weight is 221 g/mol. The van der Waals surface area contributed by atoms with Crippen molar-refractivity contribution >= 4 is 0 Å². The van der Waals surface area contributed by atoms with Gasteiger partial charge in [0.05, 0.1) is 6.61 Å². The van der Waals surface area contributed by atoms with Crippen molar-refractivity contribution in [3.8, 4) is 5.75 Å². The Balaban J connectivity index is 2.08. The highest BCUT2D eigenvalue weighted by atomic mass is 19.1. The molecule has 0 aromatic heterocycles. The van der Waals surface area contributed by atoms with Gasteiger partial charge in [-0.1, -0.05) is 6.07 Å². The minimum Gasteiger partial charge on any atom is -0.493 e. The predicted octanol–water partition coefficient (Wildman–Crippen LogP) is 2.36. The lowest BCUT2D eigenvalue weighted by Crippen LogP contribution is -2.34. The van der Waals surface area contributed by atoms with Crippen LogP contribution in [-0.2, 0) is 12.0 Å². The van der Waals surface area contributed by atoms with E-state index in [4.69, 9.17) is 4.74 Å². The highest BCUT2D eigenvalue weighted by Crippen LogP contribution is 2.37. The van der Waals surface area contributed by atoms with E-state index in [0.717, 1.165) is 36.3 Å². The Hall–Kier alpha value is -1.09. The summed E-state index contributed by atoms with van der Waals surface area (Å²) in [6.07, 6.45) is 2.82. The summed E-state index contributed by atoms with van der Waals surface area (Å²) in [4.78, 5) is 0. The first-order chi connectivity index (χ1) is 7.71. The second-order valence-electron chi connectivity index (χ2n) is 4.86. The summed E-state index contributed by atoms with van der Waals surface area (Å²) in [6.45, 7) is 3.67. The molecule has 2 aliphatic heterocycles. The summed E-state index contributed by atoms with van der Waals surface area (Å²) in [5.74, 6) is 0.662. The number of rotatable bonds is 1. The van der Waals surface area contributed by atoms with E-state index in [1.54, 1.807) is 0 Å². The summed E-state index contributed by atoms with van der Waals surface area (Å²) >= 11 is 0. The molecule has 0 radical (unpaired) electrons. The maximum atomic E-state index is 14.4. The van der Waals surface area contributed by atoms with E-state index in [1.165, 1.54) is 0 Å². The van der Waals surface area contributed by atoms with Gasteiger partial charge in [-0.2, -0.15) is 0 Å². The smallest absolute Gasteiger partial charge is 0.135 e. The minimum atomic E-state index is -0.193. The minimum absolute atomic E-state index is 0.0631. The summed E-state index contributed by atoms with van der Waals surface area (Å²) in [7, 11) is 0. The molecule has 0 aliphatic carbocycles. The largest absolute Gasteiger partial charge is 0.493 e. The van der Waals surface area contributed by atoms with Gasteiger partial charge < -0.3 is 10.1 Å². The van der Waals surface area contributed by atoms with Gasteiger partial charge in [0.1, 0.15) is 11.6 Å². The fourth-order valence-electron chi connectivity index (χ4n) is 2.79. The average Bonchev–Trinajstić information content (AvgIpc) is 2.87. The molecular weight excluding hydrogens is 205 g/mol. The molecule has 3 rings (SSSR count). The number of benzene rings is 1. The van der Waals surface area contributed by atoms with Gasteiger partial charge in [-0.05, 0) is 32.4 Å². The van der Waals surface area contributed by atoms with Gasteiger partial charge in [0.25, 0.3) is 0 Å². The molecule has 2 nitrogen and oxygen atoms in total. The maximum Gasteiger partial charge on any atom is 0.135 e. The van der Waals surface area contributed by atoms with E-state index in [0.29, 0.717) is 13.0 Å². The van der Waals surface area contributed by atoms with Crippen LogP contribution in [0.1, 0.15) is 30.9 Å². The molecule has 3 heteroatoms. The van der Waals surface area contributed by atoms with E-state index in [-0.39, 0.29) is 11.4 Å². The highest BCUT2D eigenvalue weighted by molar-refractivity contribution is 5.43. The van der Waals surface area contributed by atoms with Crippen LogP contribution >= 0.6 is 0 Å². The van der Waals surface area contributed by atoms with Crippen LogP contribution in [0.25, 0.3) is 0 Å². The fourth-order valence-corrected chi connectivity index (χ4v) is 2.79. The van der Waals surface area contributed by atoms with Crippen LogP contribution in [0.5, 0.6) is 5.75 Å². The molecule has 86 valence electrons. The Morgan fingerprint density at radius 2 is 2.31 bits per heavy atom. The van der Waals surface area contributed by atoms with Crippen LogP contribution in [0.15, 0.2) is 12.1 Å². The van der Waals surface area contributed by atoms with Gasteiger partial charge in [-0.15, -0.1) is 0 Å². The second-order valence-corrected chi connectivity index (χ2v) is 4.86. The zero-order chi connectivity index (χ0) is 11.2. The van der Waals surface area contributed by atoms with Gasteiger partial charge in [0.2, 0.25) is 0 Å². The molecule has 16 heavy (non-hydrogen) atoms. The van der Waals surface area contributed by atoms with Crippen LogP contribution in [0.4, 0.5) is 4.39 Å². The van der Waals surface area contributed by atoms with Crippen LogP contribution in [0, 0.1) is 5.82 Å². The molecule has 1 atom stereocenters. The first-order valence-electron chi connectivity index (χ1n) is 5.90. The second kappa shape index (κ2) is 3.45. The van der Waals surface area contributed by atoms with E-state index in [9.17, 15) is 4.39 Å². The van der Waals surface area contributed by atoms with Gasteiger partial charge >= 0.3 is 0 Å². The third-order valence-electron chi connectivity index (χ3n) is 3.77. The lowest BCUT2D eigenvalue weighted by molar-refractivity contribution is 0.356. The number of ether oxygens (including phenoxy) is 1. The normalized spacial score (nSPS) is 27.9. The number of halogens is 1. The van der Waals surface area contributed by atoms with Gasteiger partial charge in [0, 0.05) is 23.1 Å². The van der Waals surface area contributed by atoms with E-state index in [2.05, 4.69) is 12.2 Å². The summed E-state index contributed by atoms with van der Waals surface area (Å²) in [5, 5.41) is 3.40. The van der Waals surface area contributed by atoms with Gasteiger partial charge in [0.15, 0.2) is 0 Å². The van der Waals surface area contributed by atoms with Crippen molar-refractivity contribution in [2.75, 3.05) is 13.2 Å². The number of hydrogen-bond acceptors (Lipinski definition) is 2. The van der Waals surface area contributed by atoms with Crippen molar-refractivity contribution < 1.29 is 9.13 Å². The molecule has 1 fully saturated rings. The fraction of sp³-hybridized carbons (Fsp3) is 0.538. The Morgan fingerprint density at radius 3 is 3.06 bits per heavy atom. The Labute approximate surface area is 94.8 Å². The molecule has 1 aromatic rings. The molecule has 2 aliphatic rings. The molecule has 0 bridgehead atoms. The molecule has 0 spiro atoms. The van der Waals surface area contributed by atoms with Crippen molar-refractivity contribution in [2.45, 2.75) is 31.7 Å². The quantitative estimate of drug-likeness (QED) is 0.786. The van der Waals surface area contributed by atoms with Crippen molar-refractivity contribution in [3.05, 3.63) is 29.1 Å². The van der Waals surface area contributed by atoms with Crippen molar-refractivity contribution in [1.29, 1.82) is 0 Å². The number of fused-ring (bicyclic) bond motifs is 1. The van der Waals surface area contributed by atoms with Crippen LogP contribution in [0.3, 0.4) is 0 Å². The Morgan fingerprint density at radius 1 is 1.44 bits per heavy atom. The number of nitrogens with one attached hydrogen (secondary N) is 1. The van der Waals surface area contributed by atoms with E-state index >= 15 is 0 Å².